The van der Waals surface area contributed by atoms with Gasteiger partial charge in [-0.05, 0) is 41.4 Å². The van der Waals surface area contributed by atoms with Gasteiger partial charge in [-0.25, -0.2) is 9.37 Å². The first-order valence-electron chi connectivity index (χ1n) is 6.31. The zero-order chi connectivity index (χ0) is 14.5. The fourth-order valence-electron chi connectivity index (χ4n) is 1.57. The highest BCUT2D eigenvalue weighted by Gasteiger charge is 2.06. The van der Waals surface area contributed by atoms with Gasteiger partial charge in [0.1, 0.15) is 11.6 Å². The molecule has 1 N–H and O–H groups in total. The maximum absolute atomic E-state index is 13.4. The van der Waals surface area contributed by atoms with Crippen molar-refractivity contribution in [2.75, 3.05) is 11.9 Å². The van der Waals surface area contributed by atoms with Crippen LogP contribution in [-0.4, -0.2) is 16.5 Å². The molecule has 0 fully saturated rings. The average molecular weight is 340 g/mol. The van der Waals surface area contributed by atoms with Crippen LogP contribution in [0.25, 0.3) is 0 Å². The molecule has 2 aromatic rings. The predicted octanol–water partition coefficient (Wildman–Crippen LogP) is 4.30. The summed E-state index contributed by atoms with van der Waals surface area (Å²) >= 11 is 3.10. The SMILES string of the molecule is CCCNc1nc(C)cc(Oc2ccc(Br)c(F)c2)n1. The number of nitrogens with zero attached hydrogens (tertiary/aromatic N) is 2. The first-order valence-corrected chi connectivity index (χ1v) is 7.10. The standard InChI is InChI=1S/C14H15BrFN3O/c1-3-6-17-14-18-9(2)7-13(19-14)20-10-4-5-11(15)12(16)8-10/h4-5,7-8H,3,6H2,1-2H3,(H,17,18,19). The van der Waals surface area contributed by atoms with Crippen molar-refractivity contribution in [3.63, 3.8) is 0 Å². The molecule has 1 aromatic heterocycles. The van der Waals surface area contributed by atoms with Gasteiger partial charge in [0.25, 0.3) is 0 Å². The topological polar surface area (TPSA) is 47.0 Å². The van der Waals surface area contributed by atoms with Crippen molar-refractivity contribution < 1.29 is 9.13 Å². The second-order valence-corrected chi connectivity index (χ2v) is 5.13. The van der Waals surface area contributed by atoms with E-state index in [9.17, 15) is 4.39 Å². The summed E-state index contributed by atoms with van der Waals surface area (Å²) in [6.07, 6.45) is 0.978. The number of aromatic nitrogens is 2. The Balaban J connectivity index is 2.19. The van der Waals surface area contributed by atoms with E-state index in [1.54, 1.807) is 18.2 Å². The molecule has 1 aromatic carbocycles. The fourth-order valence-corrected chi connectivity index (χ4v) is 1.82. The third-order valence-corrected chi connectivity index (χ3v) is 3.12. The number of benzene rings is 1. The summed E-state index contributed by atoms with van der Waals surface area (Å²) in [4.78, 5) is 8.50. The molecule has 20 heavy (non-hydrogen) atoms. The Morgan fingerprint density at radius 1 is 1.30 bits per heavy atom. The van der Waals surface area contributed by atoms with Gasteiger partial charge in [0, 0.05) is 24.4 Å². The summed E-state index contributed by atoms with van der Waals surface area (Å²) in [6.45, 7) is 4.70. The van der Waals surface area contributed by atoms with Crippen molar-refractivity contribution in [1.29, 1.82) is 0 Å². The normalized spacial score (nSPS) is 10.4. The maximum Gasteiger partial charge on any atom is 0.226 e. The molecular weight excluding hydrogens is 325 g/mol. The van der Waals surface area contributed by atoms with E-state index in [2.05, 4.69) is 38.1 Å². The van der Waals surface area contributed by atoms with Crippen LogP contribution in [0.4, 0.5) is 10.3 Å². The van der Waals surface area contributed by atoms with Crippen LogP contribution in [0, 0.1) is 12.7 Å². The van der Waals surface area contributed by atoms with E-state index in [1.807, 2.05) is 6.92 Å². The lowest BCUT2D eigenvalue weighted by molar-refractivity contribution is 0.456. The minimum absolute atomic E-state index is 0.377. The van der Waals surface area contributed by atoms with Crippen LogP contribution >= 0.6 is 15.9 Å². The summed E-state index contributed by atoms with van der Waals surface area (Å²) < 4.78 is 19.4. The van der Waals surface area contributed by atoms with Crippen LogP contribution in [0.3, 0.4) is 0 Å². The molecule has 0 atom stereocenters. The number of ether oxygens (including phenoxy) is 1. The minimum Gasteiger partial charge on any atom is -0.439 e. The fraction of sp³-hybridized carbons (Fsp3) is 0.286. The van der Waals surface area contributed by atoms with Crippen LogP contribution in [0.2, 0.25) is 0 Å². The molecule has 0 radical (unpaired) electrons. The smallest absolute Gasteiger partial charge is 0.226 e. The third kappa shape index (κ3) is 3.90. The van der Waals surface area contributed by atoms with Crippen LogP contribution in [-0.2, 0) is 0 Å². The molecule has 1 heterocycles. The second-order valence-electron chi connectivity index (χ2n) is 4.28. The van der Waals surface area contributed by atoms with Crippen LogP contribution in [0.5, 0.6) is 11.6 Å². The van der Waals surface area contributed by atoms with E-state index in [0.29, 0.717) is 22.1 Å². The average Bonchev–Trinajstić information content (AvgIpc) is 2.40. The van der Waals surface area contributed by atoms with Gasteiger partial charge < -0.3 is 10.1 Å². The first-order chi connectivity index (χ1) is 9.58. The lowest BCUT2D eigenvalue weighted by Crippen LogP contribution is -2.05. The number of nitrogens with one attached hydrogen (secondary N) is 1. The molecule has 0 saturated heterocycles. The first kappa shape index (κ1) is 14.7. The van der Waals surface area contributed by atoms with Crippen LogP contribution in [0.15, 0.2) is 28.7 Å². The maximum atomic E-state index is 13.4. The van der Waals surface area contributed by atoms with E-state index in [4.69, 9.17) is 4.74 Å². The highest BCUT2D eigenvalue weighted by molar-refractivity contribution is 9.10. The number of aryl methyl sites for hydroxylation is 1. The molecule has 0 amide bonds. The molecule has 4 nitrogen and oxygen atoms in total. The lowest BCUT2D eigenvalue weighted by atomic mass is 10.3. The van der Waals surface area contributed by atoms with Crippen molar-refractivity contribution in [2.45, 2.75) is 20.3 Å². The molecule has 0 spiro atoms. The van der Waals surface area contributed by atoms with Crippen molar-refractivity contribution in [2.24, 2.45) is 0 Å². The third-order valence-electron chi connectivity index (χ3n) is 2.48. The van der Waals surface area contributed by atoms with Crippen LogP contribution < -0.4 is 10.1 Å². The zero-order valence-electron chi connectivity index (χ0n) is 11.3. The molecular formula is C14H15BrFN3O. The summed E-state index contributed by atoms with van der Waals surface area (Å²) in [5.41, 5.74) is 0.784. The van der Waals surface area contributed by atoms with E-state index < -0.39 is 0 Å². The van der Waals surface area contributed by atoms with Gasteiger partial charge in [0.2, 0.25) is 11.8 Å². The van der Waals surface area contributed by atoms with Gasteiger partial charge in [-0.1, -0.05) is 6.92 Å². The molecule has 0 aliphatic carbocycles. The molecule has 0 aliphatic rings. The highest BCUT2D eigenvalue weighted by Crippen LogP contribution is 2.25. The van der Waals surface area contributed by atoms with E-state index >= 15 is 0 Å². The summed E-state index contributed by atoms with van der Waals surface area (Å²) in [6, 6.07) is 6.27. The van der Waals surface area contributed by atoms with E-state index in [0.717, 1.165) is 18.7 Å². The molecule has 0 saturated carbocycles. The summed E-state index contributed by atoms with van der Waals surface area (Å²) in [5, 5.41) is 3.10. The van der Waals surface area contributed by atoms with Gasteiger partial charge in [-0.3, -0.25) is 0 Å². The van der Waals surface area contributed by atoms with Gasteiger partial charge in [-0.15, -0.1) is 0 Å². The van der Waals surface area contributed by atoms with Gasteiger partial charge >= 0.3 is 0 Å². The number of hydrogen-bond donors (Lipinski definition) is 1. The molecule has 0 unspecified atom stereocenters. The minimum atomic E-state index is -0.377. The Kier molecular flexibility index (Phi) is 4.89. The lowest BCUT2D eigenvalue weighted by Gasteiger charge is -2.09. The molecule has 0 bridgehead atoms. The number of halogens is 2. The van der Waals surface area contributed by atoms with Crippen molar-refractivity contribution in [1.82, 2.24) is 9.97 Å². The summed E-state index contributed by atoms with van der Waals surface area (Å²) in [7, 11) is 0. The van der Waals surface area contributed by atoms with Gasteiger partial charge in [-0.2, -0.15) is 4.98 Å². The van der Waals surface area contributed by atoms with Crippen LogP contribution in [0.1, 0.15) is 19.0 Å². The second kappa shape index (κ2) is 6.65. The molecule has 2 rings (SSSR count). The largest absolute Gasteiger partial charge is 0.439 e. The quantitative estimate of drug-likeness (QED) is 0.882. The predicted molar refractivity (Wildman–Crippen MR) is 79.7 cm³/mol. The van der Waals surface area contributed by atoms with E-state index in [-0.39, 0.29) is 5.82 Å². The van der Waals surface area contributed by atoms with Crippen molar-refractivity contribution >= 4 is 21.9 Å². The van der Waals surface area contributed by atoms with Gasteiger partial charge in [0.15, 0.2) is 0 Å². The van der Waals surface area contributed by atoms with E-state index in [1.165, 1.54) is 6.07 Å². The number of anilines is 1. The van der Waals surface area contributed by atoms with Crippen molar-refractivity contribution in [3.8, 4) is 11.6 Å². The Labute approximate surface area is 125 Å². The zero-order valence-corrected chi connectivity index (χ0v) is 12.9. The monoisotopic (exact) mass is 339 g/mol. The Morgan fingerprint density at radius 2 is 2.10 bits per heavy atom. The number of rotatable bonds is 5. The molecule has 0 aliphatic heterocycles. The Bertz CT molecular complexity index is 607. The molecule has 6 heteroatoms. The molecule has 106 valence electrons. The number of hydrogen-bond acceptors (Lipinski definition) is 4. The van der Waals surface area contributed by atoms with Crippen molar-refractivity contribution in [3.05, 3.63) is 40.2 Å². The summed E-state index contributed by atoms with van der Waals surface area (Å²) in [5.74, 6) is 0.917. The highest BCUT2D eigenvalue weighted by atomic mass is 79.9. The van der Waals surface area contributed by atoms with Gasteiger partial charge in [0.05, 0.1) is 4.47 Å². The Morgan fingerprint density at radius 3 is 2.80 bits per heavy atom. The Hall–Kier alpha value is -1.69.